The van der Waals surface area contributed by atoms with Crippen LogP contribution in [0.5, 0.6) is 0 Å². The minimum atomic E-state index is -1.98. The van der Waals surface area contributed by atoms with E-state index in [9.17, 15) is 61.0 Å². The maximum atomic E-state index is 13.4. The molecule has 12 N–H and O–H groups in total. The normalized spacial score (nSPS) is 28.9. The van der Waals surface area contributed by atoms with E-state index < -0.39 is 124 Å². The number of hydrogen-bond acceptors (Lipinski definition) is 18. The molecule has 88 heavy (non-hydrogen) atoms. The Kier molecular flexibility index (Phi) is 45.5. The van der Waals surface area contributed by atoms with Crippen molar-refractivity contribution in [3.05, 3.63) is 85.1 Å². The van der Waals surface area contributed by atoms with Gasteiger partial charge in [0.15, 0.2) is 18.9 Å². The summed E-state index contributed by atoms with van der Waals surface area (Å²) in [4.78, 5) is 13.4. The number of amides is 1. The van der Waals surface area contributed by atoms with Gasteiger partial charge in [-0.1, -0.05) is 214 Å². The highest BCUT2D eigenvalue weighted by molar-refractivity contribution is 5.76. The lowest BCUT2D eigenvalue weighted by Crippen LogP contribution is -2.66. The maximum Gasteiger partial charge on any atom is 0.220 e. The SMILES string of the molecule is CC/C=C\C/C=C\C/C=C\C/C=C\C/C=C\CCCCCCCCCCCCCCCCCC(=O)NC(COC1OC(CO)C(OC2OC(CO)C(OC3OC(CO)C(O)C(O)C3O)C(O)C2O)C(O)C1O)C(O)/C=C/CC/C=C/CCCCCCCC. The number of ether oxygens (including phenoxy) is 6. The standard InChI is InChI=1S/C69H119NO18/c1-3-5-7-9-11-13-15-17-18-19-20-21-22-23-24-25-26-27-28-29-30-31-32-33-34-35-37-39-41-43-45-47-57(75)70-52(53(74)46-44-42-40-38-36-16-14-12-10-8-6-4-2)51-83-67-63(81)60(78)65(55(49-72)85-67)88-69-64(82)61(79)66(56(50-73)86-69)87-68-62(80)59(77)58(76)54(48-71)84-68/h5,7,11,13,17-18,20-21,23-24,36,38,44,46,52-56,58-69,71-74,76-82H,3-4,6,8-10,12,14-16,19,22,25-35,37,39-43,45,47-51H2,1-2H3,(H,70,75)/b7-5-,13-11-,18-17-,21-20-,24-23-,38-36+,46-44+. The molecule has 0 aliphatic carbocycles. The summed E-state index contributed by atoms with van der Waals surface area (Å²) in [6.45, 7) is 1.56. The summed E-state index contributed by atoms with van der Waals surface area (Å²) in [5.41, 5.74) is 0. The average Bonchev–Trinajstić information content (AvgIpc) is 1.54. The van der Waals surface area contributed by atoms with E-state index >= 15 is 0 Å². The highest BCUT2D eigenvalue weighted by Gasteiger charge is 2.53. The van der Waals surface area contributed by atoms with Gasteiger partial charge in [-0.3, -0.25) is 4.79 Å². The fourth-order valence-corrected chi connectivity index (χ4v) is 10.9. The van der Waals surface area contributed by atoms with Crippen LogP contribution in [0.3, 0.4) is 0 Å². The lowest BCUT2D eigenvalue weighted by Gasteiger charge is -2.48. The number of rotatable bonds is 50. The molecule has 0 radical (unpaired) electrons. The van der Waals surface area contributed by atoms with Gasteiger partial charge < -0.3 is 89.9 Å². The zero-order chi connectivity index (χ0) is 64.0. The van der Waals surface area contributed by atoms with E-state index in [0.29, 0.717) is 12.8 Å². The van der Waals surface area contributed by atoms with E-state index in [1.165, 1.54) is 109 Å². The van der Waals surface area contributed by atoms with Gasteiger partial charge >= 0.3 is 0 Å². The summed E-state index contributed by atoms with van der Waals surface area (Å²) in [7, 11) is 0. The zero-order valence-corrected chi connectivity index (χ0v) is 53.4. The minimum absolute atomic E-state index is 0.231. The molecule has 0 saturated carbocycles. The van der Waals surface area contributed by atoms with E-state index in [-0.39, 0.29) is 18.9 Å². The molecule has 3 fully saturated rings. The van der Waals surface area contributed by atoms with Gasteiger partial charge in [0.25, 0.3) is 0 Å². The fraction of sp³-hybridized carbons (Fsp3) is 0.783. The Hall–Kier alpha value is -3.03. The highest BCUT2D eigenvalue weighted by atomic mass is 16.8. The summed E-state index contributed by atoms with van der Waals surface area (Å²) in [5, 5.41) is 120. The van der Waals surface area contributed by atoms with E-state index in [1.54, 1.807) is 6.08 Å². The smallest absolute Gasteiger partial charge is 0.220 e. The topological polar surface area (TPSA) is 307 Å². The first kappa shape index (κ1) is 79.2. The number of unbranched alkanes of at least 4 members (excludes halogenated alkanes) is 22. The Morgan fingerprint density at radius 2 is 0.795 bits per heavy atom. The summed E-state index contributed by atoms with van der Waals surface area (Å²) < 4.78 is 34.3. The zero-order valence-electron chi connectivity index (χ0n) is 53.4. The Morgan fingerprint density at radius 3 is 1.27 bits per heavy atom. The number of aliphatic hydroxyl groups is 11. The van der Waals surface area contributed by atoms with Crippen LogP contribution >= 0.6 is 0 Å². The molecule has 3 aliphatic rings. The van der Waals surface area contributed by atoms with Crippen molar-refractivity contribution in [3.8, 4) is 0 Å². The predicted molar refractivity (Wildman–Crippen MR) is 341 cm³/mol. The van der Waals surface area contributed by atoms with Crippen molar-refractivity contribution in [2.75, 3.05) is 26.4 Å². The molecule has 3 rings (SSSR count). The molecular formula is C69H119NO18. The highest BCUT2D eigenvalue weighted by Crippen LogP contribution is 2.33. The van der Waals surface area contributed by atoms with Crippen LogP contribution in [-0.2, 0) is 33.2 Å². The first-order valence-electron chi connectivity index (χ1n) is 33.8. The third kappa shape index (κ3) is 32.5. The number of allylic oxidation sites excluding steroid dienone is 13. The summed E-state index contributed by atoms with van der Waals surface area (Å²) in [6.07, 6.45) is 37.2. The molecule has 3 saturated heterocycles. The van der Waals surface area contributed by atoms with Gasteiger partial charge in [0.05, 0.1) is 38.6 Å². The Bertz CT molecular complexity index is 1930. The van der Waals surface area contributed by atoms with Crippen molar-refractivity contribution in [3.63, 3.8) is 0 Å². The van der Waals surface area contributed by atoms with Gasteiger partial charge in [0, 0.05) is 6.42 Å². The van der Waals surface area contributed by atoms with E-state index in [4.69, 9.17) is 28.4 Å². The van der Waals surface area contributed by atoms with Crippen molar-refractivity contribution in [1.29, 1.82) is 0 Å². The molecule has 3 aliphatic heterocycles. The monoisotopic (exact) mass is 1250 g/mol. The lowest BCUT2D eigenvalue weighted by atomic mass is 9.96. The van der Waals surface area contributed by atoms with Crippen molar-refractivity contribution < 1.29 is 89.4 Å². The summed E-state index contributed by atoms with van der Waals surface area (Å²) in [6, 6.07) is -0.993. The Balaban J connectivity index is 1.38. The predicted octanol–water partition coefficient (Wildman–Crippen LogP) is 8.32. The first-order valence-corrected chi connectivity index (χ1v) is 33.8. The molecule has 0 aromatic rings. The first-order chi connectivity index (χ1) is 42.8. The fourth-order valence-electron chi connectivity index (χ4n) is 10.9. The third-order valence-electron chi connectivity index (χ3n) is 16.4. The van der Waals surface area contributed by atoms with Crippen molar-refractivity contribution in [1.82, 2.24) is 5.32 Å². The van der Waals surface area contributed by atoms with Gasteiger partial charge in [0.2, 0.25) is 5.91 Å². The van der Waals surface area contributed by atoms with Crippen LogP contribution in [0.15, 0.2) is 85.1 Å². The molecule has 0 aromatic heterocycles. The van der Waals surface area contributed by atoms with E-state index in [2.05, 4.69) is 92.1 Å². The Morgan fingerprint density at radius 1 is 0.420 bits per heavy atom. The molecule has 3 heterocycles. The number of hydrogen-bond donors (Lipinski definition) is 12. The number of nitrogens with one attached hydrogen (secondary N) is 1. The molecule has 0 bridgehead atoms. The Labute approximate surface area is 527 Å². The maximum absolute atomic E-state index is 13.4. The molecule has 17 atom stereocenters. The molecule has 19 heteroatoms. The second kappa shape index (κ2) is 50.5. The second-order valence-corrected chi connectivity index (χ2v) is 23.9. The minimum Gasteiger partial charge on any atom is -0.394 e. The quantitative estimate of drug-likeness (QED) is 0.0201. The third-order valence-corrected chi connectivity index (χ3v) is 16.4. The van der Waals surface area contributed by atoms with Gasteiger partial charge in [0.1, 0.15) is 73.2 Å². The molecule has 17 unspecified atom stereocenters. The van der Waals surface area contributed by atoms with Gasteiger partial charge in [-0.15, -0.1) is 0 Å². The molecular weight excluding hydrogens is 1130 g/mol. The van der Waals surface area contributed by atoms with Gasteiger partial charge in [-0.05, 0) is 77.0 Å². The van der Waals surface area contributed by atoms with Crippen LogP contribution in [0.2, 0.25) is 0 Å². The van der Waals surface area contributed by atoms with Crippen LogP contribution in [0.25, 0.3) is 0 Å². The number of carbonyl (C=O) groups excluding carboxylic acids is 1. The summed E-state index contributed by atoms with van der Waals surface area (Å²) in [5.74, 6) is -0.290. The van der Waals surface area contributed by atoms with Crippen molar-refractivity contribution in [2.24, 2.45) is 0 Å². The lowest BCUT2D eigenvalue weighted by molar-refractivity contribution is -0.379. The average molecular weight is 1250 g/mol. The molecule has 0 spiro atoms. The van der Waals surface area contributed by atoms with Crippen LogP contribution in [0.4, 0.5) is 0 Å². The van der Waals surface area contributed by atoms with Crippen LogP contribution in [0, 0.1) is 0 Å². The van der Waals surface area contributed by atoms with Crippen molar-refractivity contribution >= 4 is 5.91 Å². The molecule has 1 amide bonds. The van der Waals surface area contributed by atoms with Gasteiger partial charge in [-0.2, -0.15) is 0 Å². The molecule has 0 aromatic carbocycles. The van der Waals surface area contributed by atoms with Gasteiger partial charge in [-0.25, -0.2) is 0 Å². The van der Waals surface area contributed by atoms with Crippen molar-refractivity contribution in [2.45, 2.75) is 317 Å². The van der Waals surface area contributed by atoms with E-state index in [1.807, 2.05) is 6.08 Å². The van der Waals surface area contributed by atoms with Crippen LogP contribution in [-0.4, -0.2) is 193 Å². The van der Waals surface area contributed by atoms with Crippen LogP contribution in [0.1, 0.15) is 213 Å². The largest absolute Gasteiger partial charge is 0.394 e. The summed E-state index contributed by atoms with van der Waals surface area (Å²) >= 11 is 0. The van der Waals surface area contributed by atoms with E-state index in [0.717, 1.165) is 70.6 Å². The number of aliphatic hydroxyl groups excluding tert-OH is 11. The molecule has 19 nitrogen and oxygen atoms in total. The number of carbonyl (C=O) groups is 1. The second-order valence-electron chi connectivity index (χ2n) is 23.9. The van der Waals surface area contributed by atoms with Crippen LogP contribution < -0.4 is 5.32 Å². The molecule has 508 valence electrons.